The number of aromatic nitrogens is 2. The molecule has 4 nitrogen and oxygen atoms in total. The van der Waals surface area contributed by atoms with Gasteiger partial charge in [-0.25, -0.2) is 4.98 Å². The van der Waals surface area contributed by atoms with Gasteiger partial charge in [0.15, 0.2) is 0 Å². The van der Waals surface area contributed by atoms with Crippen molar-refractivity contribution in [3.63, 3.8) is 0 Å². The third-order valence-electron chi connectivity index (χ3n) is 1.90. The van der Waals surface area contributed by atoms with Crippen LogP contribution in [0, 0.1) is 0 Å². The highest BCUT2D eigenvalue weighted by Crippen LogP contribution is 2.12. The fourth-order valence-corrected chi connectivity index (χ4v) is 1.42. The standard InChI is InChI=1S/C8H10ClN3O/c9-8-11-4-2-7(12-8)13-6-1-3-10-5-6/h2,4,6,10H,1,3,5H2. The van der Waals surface area contributed by atoms with Crippen LogP contribution in [0.1, 0.15) is 6.42 Å². The Hall–Kier alpha value is -0.870. The van der Waals surface area contributed by atoms with Gasteiger partial charge >= 0.3 is 0 Å². The summed E-state index contributed by atoms with van der Waals surface area (Å²) in [5.74, 6) is 0.550. The van der Waals surface area contributed by atoms with Gasteiger partial charge in [0.05, 0.1) is 0 Å². The molecule has 1 aromatic heterocycles. The van der Waals surface area contributed by atoms with Gasteiger partial charge < -0.3 is 10.1 Å². The molecule has 1 aliphatic heterocycles. The summed E-state index contributed by atoms with van der Waals surface area (Å²) < 4.78 is 5.56. The molecule has 70 valence electrons. The quantitative estimate of drug-likeness (QED) is 0.719. The maximum Gasteiger partial charge on any atom is 0.225 e. The van der Waals surface area contributed by atoms with Crippen molar-refractivity contribution in [1.82, 2.24) is 15.3 Å². The first-order chi connectivity index (χ1) is 6.34. The predicted molar refractivity (Wildman–Crippen MR) is 48.9 cm³/mol. The number of hydrogen-bond donors (Lipinski definition) is 1. The fourth-order valence-electron chi connectivity index (χ4n) is 1.28. The van der Waals surface area contributed by atoms with E-state index in [4.69, 9.17) is 16.3 Å². The third-order valence-corrected chi connectivity index (χ3v) is 2.09. The molecule has 0 aromatic carbocycles. The van der Waals surface area contributed by atoms with E-state index in [2.05, 4.69) is 15.3 Å². The molecular weight excluding hydrogens is 190 g/mol. The minimum atomic E-state index is 0.214. The summed E-state index contributed by atoms with van der Waals surface area (Å²) in [6.45, 7) is 1.88. The first-order valence-corrected chi connectivity index (χ1v) is 4.58. The van der Waals surface area contributed by atoms with E-state index in [0.717, 1.165) is 19.5 Å². The molecule has 0 saturated carbocycles. The minimum absolute atomic E-state index is 0.214. The van der Waals surface area contributed by atoms with Gasteiger partial charge in [0.2, 0.25) is 11.2 Å². The van der Waals surface area contributed by atoms with Crippen molar-refractivity contribution >= 4 is 11.6 Å². The Labute approximate surface area is 81.3 Å². The molecular formula is C8H10ClN3O. The van der Waals surface area contributed by atoms with Crippen LogP contribution in [-0.4, -0.2) is 29.2 Å². The molecule has 1 aliphatic rings. The molecule has 0 spiro atoms. The second kappa shape index (κ2) is 3.89. The Bertz CT molecular complexity index is 288. The third kappa shape index (κ3) is 2.29. The highest BCUT2D eigenvalue weighted by Gasteiger charge is 2.16. The lowest BCUT2D eigenvalue weighted by Gasteiger charge is -2.10. The van der Waals surface area contributed by atoms with Gasteiger partial charge in [-0.15, -0.1) is 0 Å². The summed E-state index contributed by atoms with van der Waals surface area (Å²) in [5, 5.41) is 3.43. The predicted octanol–water partition coefficient (Wildman–Crippen LogP) is 0.871. The summed E-state index contributed by atoms with van der Waals surface area (Å²) in [7, 11) is 0. The Morgan fingerprint density at radius 1 is 1.62 bits per heavy atom. The van der Waals surface area contributed by atoms with Crippen molar-refractivity contribution in [2.45, 2.75) is 12.5 Å². The molecule has 13 heavy (non-hydrogen) atoms. The second-order valence-electron chi connectivity index (χ2n) is 2.90. The van der Waals surface area contributed by atoms with Crippen molar-refractivity contribution in [3.8, 4) is 5.88 Å². The molecule has 1 aromatic rings. The molecule has 2 heterocycles. The normalized spacial score (nSPS) is 21.8. The van der Waals surface area contributed by atoms with Crippen molar-refractivity contribution in [2.24, 2.45) is 0 Å². The molecule has 1 saturated heterocycles. The van der Waals surface area contributed by atoms with Crippen molar-refractivity contribution in [1.29, 1.82) is 0 Å². The van der Waals surface area contributed by atoms with Crippen LogP contribution >= 0.6 is 11.6 Å². The summed E-state index contributed by atoms with van der Waals surface area (Å²) in [6, 6.07) is 1.71. The van der Waals surface area contributed by atoms with E-state index >= 15 is 0 Å². The van der Waals surface area contributed by atoms with Gasteiger partial charge in [0.25, 0.3) is 0 Å². The zero-order chi connectivity index (χ0) is 9.10. The van der Waals surface area contributed by atoms with Crippen molar-refractivity contribution in [3.05, 3.63) is 17.5 Å². The van der Waals surface area contributed by atoms with Crippen molar-refractivity contribution in [2.75, 3.05) is 13.1 Å². The Kier molecular flexibility index (Phi) is 2.61. The van der Waals surface area contributed by atoms with E-state index in [1.54, 1.807) is 12.3 Å². The second-order valence-corrected chi connectivity index (χ2v) is 3.23. The van der Waals surface area contributed by atoms with Crippen LogP contribution in [0.4, 0.5) is 0 Å². The molecule has 0 amide bonds. The van der Waals surface area contributed by atoms with E-state index in [-0.39, 0.29) is 11.4 Å². The Balaban J connectivity index is 2.00. The van der Waals surface area contributed by atoms with Crippen LogP contribution in [0.3, 0.4) is 0 Å². The zero-order valence-electron chi connectivity index (χ0n) is 7.03. The molecule has 0 aliphatic carbocycles. The fraction of sp³-hybridized carbons (Fsp3) is 0.500. The summed E-state index contributed by atoms with van der Waals surface area (Å²) in [4.78, 5) is 7.71. The van der Waals surface area contributed by atoms with Gasteiger partial charge in [-0.1, -0.05) is 0 Å². The number of rotatable bonds is 2. The van der Waals surface area contributed by atoms with E-state index in [1.807, 2.05) is 0 Å². The topological polar surface area (TPSA) is 47.0 Å². The molecule has 1 fully saturated rings. The molecule has 2 rings (SSSR count). The average Bonchev–Trinajstić information content (AvgIpc) is 2.57. The maximum atomic E-state index is 5.61. The Morgan fingerprint density at radius 3 is 3.23 bits per heavy atom. The lowest BCUT2D eigenvalue weighted by Crippen LogP contribution is -2.20. The number of ether oxygens (including phenoxy) is 1. The van der Waals surface area contributed by atoms with E-state index in [9.17, 15) is 0 Å². The average molecular weight is 200 g/mol. The minimum Gasteiger partial charge on any atom is -0.473 e. The molecule has 5 heteroatoms. The Morgan fingerprint density at radius 2 is 2.54 bits per heavy atom. The van der Waals surface area contributed by atoms with Crippen LogP contribution in [0.5, 0.6) is 5.88 Å². The largest absolute Gasteiger partial charge is 0.473 e. The SMILES string of the molecule is Clc1nccc(OC2CCNC2)n1. The highest BCUT2D eigenvalue weighted by atomic mass is 35.5. The number of nitrogens with one attached hydrogen (secondary N) is 1. The number of nitrogens with zero attached hydrogens (tertiary/aromatic N) is 2. The molecule has 0 bridgehead atoms. The van der Waals surface area contributed by atoms with Crippen LogP contribution in [0.25, 0.3) is 0 Å². The van der Waals surface area contributed by atoms with Crippen LogP contribution in [-0.2, 0) is 0 Å². The first-order valence-electron chi connectivity index (χ1n) is 4.20. The molecule has 1 N–H and O–H groups in total. The highest BCUT2D eigenvalue weighted by molar-refractivity contribution is 6.28. The van der Waals surface area contributed by atoms with Gasteiger partial charge in [-0.3, -0.25) is 0 Å². The monoisotopic (exact) mass is 199 g/mol. The van der Waals surface area contributed by atoms with E-state index in [1.165, 1.54) is 0 Å². The van der Waals surface area contributed by atoms with Gasteiger partial charge in [-0.2, -0.15) is 4.98 Å². The summed E-state index contributed by atoms with van der Waals surface area (Å²) in [5.41, 5.74) is 0. The van der Waals surface area contributed by atoms with Crippen LogP contribution in [0.15, 0.2) is 12.3 Å². The zero-order valence-corrected chi connectivity index (χ0v) is 7.79. The van der Waals surface area contributed by atoms with E-state index < -0.39 is 0 Å². The smallest absolute Gasteiger partial charge is 0.225 e. The first kappa shape index (κ1) is 8.72. The maximum absolute atomic E-state index is 5.61. The van der Waals surface area contributed by atoms with E-state index in [0.29, 0.717) is 5.88 Å². The lowest BCUT2D eigenvalue weighted by atomic mass is 10.3. The lowest BCUT2D eigenvalue weighted by molar-refractivity contribution is 0.213. The number of halogens is 1. The van der Waals surface area contributed by atoms with Gasteiger partial charge in [0, 0.05) is 18.8 Å². The molecule has 1 unspecified atom stereocenters. The summed E-state index contributed by atoms with van der Waals surface area (Å²) >= 11 is 5.61. The van der Waals surface area contributed by atoms with Crippen LogP contribution in [0.2, 0.25) is 5.28 Å². The van der Waals surface area contributed by atoms with Crippen molar-refractivity contribution < 1.29 is 4.74 Å². The molecule has 1 atom stereocenters. The van der Waals surface area contributed by atoms with Gasteiger partial charge in [0.1, 0.15) is 6.10 Å². The number of hydrogen-bond acceptors (Lipinski definition) is 4. The van der Waals surface area contributed by atoms with Gasteiger partial charge in [-0.05, 0) is 24.6 Å². The molecule has 0 radical (unpaired) electrons. The summed E-state index contributed by atoms with van der Waals surface area (Å²) in [6.07, 6.45) is 2.82. The van der Waals surface area contributed by atoms with Crippen LogP contribution < -0.4 is 10.1 Å².